The smallest absolute Gasteiger partial charge is 0.339 e. The van der Waals surface area contributed by atoms with Crippen LogP contribution >= 0.6 is 11.8 Å². The van der Waals surface area contributed by atoms with Gasteiger partial charge in [-0.15, -0.1) is 0 Å². The van der Waals surface area contributed by atoms with E-state index in [1.54, 1.807) is 12.1 Å². The Morgan fingerprint density at radius 2 is 1.56 bits per heavy atom. The van der Waals surface area contributed by atoms with Crippen molar-refractivity contribution in [2.45, 2.75) is 11.4 Å². The molecule has 3 aromatic rings. The molecule has 12 heteroatoms. The lowest BCUT2D eigenvalue weighted by molar-refractivity contribution is -0.384. The average molecular weight is 527 g/mol. The highest BCUT2D eigenvalue weighted by atomic mass is 32.2. The minimum absolute atomic E-state index is 0.0179. The van der Waals surface area contributed by atoms with Crippen LogP contribution in [0.15, 0.2) is 82.6 Å². The predicted molar refractivity (Wildman–Crippen MR) is 132 cm³/mol. The van der Waals surface area contributed by atoms with Crippen LogP contribution in [0.2, 0.25) is 0 Å². The van der Waals surface area contributed by atoms with Crippen molar-refractivity contribution in [1.82, 2.24) is 4.90 Å². The van der Waals surface area contributed by atoms with E-state index < -0.39 is 26.2 Å². The van der Waals surface area contributed by atoms with Crippen molar-refractivity contribution in [2.75, 3.05) is 7.11 Å². The molecule has 0 spiro atoms. The molecule has 2 amide bonds. The molecule has 0 N–H and O–H groups in total. The quantitative estimate of drug-likeness (QED) is 0.179. The Bertz CT molecular complexity index is 1450. The number of thioether (sulfide) groups is 1. The van der Waals surface area contributed by atoms with Gasteiger partial charge in [-0.3, -0.25) is 24.6 Å². The fourth-order valence-corrected chi connectivity index (χ4v) is 5.00. The third kappa shape index (κ3) is 5.56. The maximum absolute atomic E-state index is 12.8. The molecule has 184 valence electrons. The molecule has 0 saturated carbocycles. The van der Waals surface area contributed by atoms with Crippen molar-refractivity contribution >= 4 is 44.8 Å². The predicted octanol–water partition coefficient (Wildman–Crippen LogP) is 4.61. The minimum atomic E-state index is -4.05. The zero-order valence-electron chi connectivity index (χ0n) is 18.7. The van der Waals surface area contributed by atoms with Gasteiger partial charge in [0.05, 0.1) is 23.5 Å². The number of benzene rings is 3. The fraction of sp³-hybridized carbons (Fsp3) is 0.0833. The minimum Gasteiger partial charge on any atom is -0.497 e. The number of nitrogens with zero attached hydrogens (tertiary/aromatic N) is 2. The van der Waals surface area contributed by atoms with Crippen molar-refractivity contribution in [3.05, 3.63) is 98.9 Å². The van der Waals surface area contributed by atoms with Crippen LogP contribution in [0, 0.1) is 10.1 Å². The molecule has 4 rings (SSSR count). The summed E-state index contributed by atoms with van der Waals surface area (Å²) in [6.45, 7) is -0.0179. The SMILES string of the molecule is COc1ccc(S(=O)(=O)Oc2ccc(/C=C3\SC(=O)N(Cc4ccc([N+](=O)[O-])cc4)C3=O)cc2)cc1. The number of nitro groups is 1. The average Bonchev–Trinajstić information content (AvgIpc) is 3.12. The Morgan fingerprint density at radius 1 is 0.944 bits per heavy atom. The van der Waals surface area contributed by atoms with Gasteiger partial charge in [0.15, 0.2) is 0 Å². The number of carbonyl (C=O) groups is 2. The van der Waals surface area contributed by atoms with Crippen LogP contribution in [0.1, 0.15) is 11.1 Å². The van der Waals surface area contributed by atoms with Crippen molar-refractivity contribution in [2.24, 2.45) is 0 Å². The summed E-state index contributed by atoms with van der Waals surface area (Å²) in [6.07, 6.45) is 1.52. The van der Waals surface area contributed by atoms with Crippen LogP contribution < -0.4 is 8.92 Å². The van der Waals surface area contributed by atoms with Gasteiger partial charge in [0.2, 0.25) is 0 Å². The molecule has 0 bridgehead atoms. The lowest BCUT2D eigenvalue weighted by Gasteiger charge is -2.12. The Morgan fingerprint density at radius 3 is 2.14 bits per heavy atom. The van der Waals surface area contributed by atoms with Crippen molar-refractivity contribution in [1.29, 1.82) is 0 Å². The van der Waals surface area contributed by atoms with E-state index in [1.165, 1.54) is 73.8 Å². The number of imide groups is 1. The van der Waals surface area contributed by atoms with E-state index in [1.807, 2.05) is 0 Å². The Balaban J connectivity index is 1.44. The van der Waals surface area contributed by atoms with E-state index >= 15 is 0 Å². The van der Waals surface area contributed by atoms with E-state index in [0.717, 1.165) is 16.7 Å². The van der Waals surface area contributed by atoms with E-state index in [-0.39, 0.29) is 27.8 Å². The molecule has 0 aliphatic carbocycles. The van der Waals surface area contributed by atoms with E-state index in [4.69, 9.17) is 8.92 Å². The molecule has 0 atom stereocenters. The van der Waals surface area contributed by atoms with Crippen molar-refractivity contribution < 1.29 is 31.9 Å². The van der Waals surface area contributed by atoms with Gasteiger partial charge < -0.3 is 8.92 Å². The summed E-state index contributed by atoms with van der Waals surface area (Å²) in [6, 6.07) is 17.3. The van der Waals surface area contributed by atoms with Gasteiger partial charge >= 0.3 is 10.1 Å². The largest absolute Gasteiger partial charge is 0.497 e. The lowest BCUT2D eigenvalue weighted by atomic mass is 10.2. The number of hydrogen-bond acceptors (Lipinski definition) is 9. The first kappa shape index (κ1) is 24.9. The highest BCUT2D eigenvalue weighted by molar-refractivity contribution is 8.18. The number of nitro benzene ring substituents is 1. The molecule has 1 fully saturated rings. The van der Waals surface area contributed by atoms with Gasteiger partial charge in [-0.1, -0.05) is 24.3 Å². The zero-order chi connectivity index (χ0) is 25.9. The lowest BCUT2D eigenvalue weighted by Crippen LogP contribution is -2.27. The molecule has 0 radical (unpaired) electrons. The monoisotopic (exact) mass is 526 g/mol. The molecule has 0 unspecified atom stereocenters. The Hall–Kier alpha value is -4.16. The second-order valence-electron chi connectivity index (χ2n) is 7.47. The number of rotatable bonds is 8. The molecule has 1 aliphatic heterocycles. The number of amides is 2. The molecule has 0 aromatic heterocycles. The van der Waals surface area contributed by atoms with E-state index in [2.05, 4.69) is 0 Å². The zero-order valence-corrected chi connectivity index (χ0v) is 20.3. The Labute approximate surface area is 210 Å². The third-order valence-corrected chi connectivity index (χ3v) is 7.26. The Kier molecular flexibility index (Phi) is 7.08. The standard InChI is InChI=1S/C24H18N2O8S2/c1-33-19-10-12-21(13-11-19)36(31,32)34-20-8-4-16(5-9-20)14-22-23(27)25(24(28)35-22)15-17-2-6-18(7-3-17)26(29)30/h2-14H,15H2,1H3/b22-14-. The summed E-state index contributed by atoms with van der Waals surface area (Å²) in [7, 11) is -2.58. The summed E-state index contributed by atoms with van der Waals surface area (Å²) < 4.78 is 35.1. The van der Waals surface area contributed by atoms with Crippen LogP contribution in [-0.2, 0) is 21.5 Å². The molecular formula is C24H18N2O8S2. The molecule has 3 aromatic carbocycles. The number of hydrogen-bond donors (Lipinski definition) is 0. The van der Waals surface area contributed by atoms with Crippen LogP contribution in [0.5, 0.6) is 11.5 Å². The van der Waals surface area contributed by atoms with E-state index in [0.29, 0.717) is 16.9 Å². The summed E-state index contributed by atoms with van der Waals surface area (Å²) in [5.41, 5.74) is 1.05. The van der Waals surface area contributed by atoms with Gasteiger partial charge in [0.25, 0.3) is 16.8 Å². The highest BCUT2D eigenvalue weighted by Gasteiger charge is 2.35. The number of carbonyl (C=O) groups excluding carboxylic acids is 2. The summed E-state index contributed by atoms with van der Waals surface area (Å²) in [5, 5.41) is 10.3. The maximum atomic E-state index is 12.8. The summed E-state index contributed by atoms with van der Waals surface area (Å²) in [4.78, 5) is 36.6. The molecule has 36 heavy (non-hydrogen) atoms. The molecular weight excluding hydrogens is 508 g/mol. The first-order valence-corrected chi connectivity index (χ1v) is 12.6. The van der Waals surface area contributed by atoms with Gasteiger partial charge in [0.1, 0.15) is 16.4 Å². The molecule has 1 heterocycles. The second-order valence-corrected chi connectivity index (χ2v) is 10.0. The van der Waals surface area contributed by atoms with Crippen LogP contribution in [-0.4, -0.2) is 36.5 Å². The maximum Gasteiger partial charge on any atom is 0.339 e. The first-order valence-electron chi connectivity index (χ1n) is 10.3. The second kappa shape index (κ2) is 10.2. The summed E-state index contributed by atoms with van der Waals surface area (Å²) in [5.74, 6) is 0.0930. The van der Waals surface area contributed by atoms with E-state index in [9.17, 15) is 28.1 Å². The number of methoxy groups -OCH3 is 1. The van der Waals surface area contributed by atoms with Crippen molar-refractivity contribution in [3.63, 3.8) is 0 Å². The molecule has 10 nitrogen and oxygen atoms in total. The van der Waals surface area contributed by atoms with Crippen LogP contribution in [0.4, 0.5) is 10.5 Å². The van der Waals surface area contributed by atoms with Gasteiger partial charge in [-0.05, 0) is 65.4 Å². The molecule has 1 aliphatic rings. The number of ether oxygens (including phenoxy) is 1. The number of non-ortho nitro benzene ring substituents is 1. The van der Waals surface area contributed by atoms with Crippen LogP contribution in [0.25, 0.3) is 6.08 Å². The van der Waals surface area contributed by atoms with Crippen molar-refractivity contribution in [3.8, 4) is 11.5 Å². The fourth-order valence-electron chi connectivity index (χ4n) is 3.23. The topological polar surface area (TPSA) is 133 Å². The van der Waals surface area contributed by atoms with Gasteiger partial charge in [0, 0.05) is 12.1 Å². The third-order valence-electron chi connectivity index (χ3n) is 5.09. The highest BCUT2D eigenvalue weighted by Crippen LogP contribution is 2.34. The first-order chi connectivity index (χ1) is 17.2. The summed E-state index contributed by atoms with van der Waals surface area (Å²) >= 11 is 0.771. The normalized spacial score (nSPS) is 14.8. The van der Waals surface area contributed by atoms with Gasteiger partial charge in [-0.25, -0.2) is 0 Å². The molecule has 1 saturated heterocycles. The van der Waals surface area contributed by atoms with Gasteiger partial charge in [-0.2, -0.15) is 8.42 Å². The van der Waals surface area contributed by atoms with Crippen LogP contribution in [0.3, 0.4) is 0 Å².